The number of amides is 4. The number of benzene rings is 1. The molecule has 1 heterocycles. The minimum absolute atomic E-state index is 0.0155. The summed E-state index contributed by atoms with van der Waals surface area (Å²) in [6.45, 7) is 2.28. The second kappa shape index (κ2) is 7.09. The molecule has 1 aliphatic heterocycles. The molecule has 0 bridgehead atoms. The molecule has 6 heteroatoms. The number of unbranched alkanes of at least 4 members (excludes halogenated alkanes) is 1. The van der Waals surface area contributed by atoms with Gasteiger partial charge in [0.1, 0.15) is 5.57 Å². The molecular formula is C17H21N3O3. The van der Waals surface area contributed by atoms with Crippen LogP contribution in [0.1, 0.15) is 25.3 Å². The molecule has 4 amide bonds. The van der Waals surface area contributed by atoms with E-state index in [0.717, 1.165) is 22.6 Å². The molecule has 23 heavy (non-hydrogen) atoms. The van der Waals surface area contributed by atoms with Gasteiger partial charge in [0.15, 0.2) is 0 Å². The van der Waals surface area contributed by atoms with Gasteiger partial charge in [-0.3, -0.25) is 19.8 Å². The predicted molar refractivity (Wildman–Crippen MR) is 88.9 cm³/mol. The van der Waals surface area contributed by atoms with Crippen LogP contribution in [0.2, 0.25) is 0 Å². The van der Waals surface area contributed by atoms with Crippen molar-refractivity contribution in [2.75, 3.05) is 25.5 Å². The Kier molecular flexibility index (Phi) is 5.16. The molecule has 0 radical (unpaired) electrons. The normalized spacial score (nSPS) is 16.7. The van der Waals surface area contributed by atoms with E-state index in [4.69, 9.17) is 0 Å². The van der Waals surface area contributed by atoms with Crippen molar-refractivity contribution in [2.24, 2.45) is 0 Å². The van der Waals surface area contributed by atoms with E-state index in [1.807, 2.05) is 50.2 Å². The summed E-state index contributed by atoms with van der Waals surface area (Å²) in [6, 6.07) is 6.81. The van der Waals surface area contributed by atoms with Crippen molar-refractivity contribution < 1.29 is 14.4 Å². The van der Waals surface area contributed by atoms with Crippen LogP contribution in [0.25, 0.3) is 6.08 Å². The van der Waals surface area contributed by atoms with E-state index in [9.17, 15) is 14.4 Å². The summed E-state index contributed by atoms with van der Waals surface area (Å²) in [5.41, 5.74) is 1.74. The summed E-state index contributed by atoms with van der Waals surface area (Å²) < 4.78 is 0. The molecule has 0 aliphatic carbocycles. The fourth-order valence-electron chi connectivity index (χ4n) is 2.25. The van der Waals surface area contributed by atoms with Crippen molar-refractivity contribution in [1.82, 2.24) is 10.2 Å². The van der Waals surface area contributed by atoms with E-state index in [0.29, 0.717) is 13.0 Å². The molecule has 2 rings (SSSR count). The van der Waals surface area contributed by atoms with Gasteiger partial charge in [-0.1, -0.05) is 25.5 Å². The molecular weight excluding hydrogens is 294 g/mol. The van der Waals surface area contributed by atoms with Crippen LogP contribution in [0, 0.1) is 0 Å². The number of nitrogens with zero attached hydrogens (tertiary/aromatic N) is 2. The van der Waals surface area contributed by atoms with E-state index in [2.05, 4.69) is 5.32 Å². The third-order valence-electron chi connectivity index (χ3n) is 3.64. The Hall–Kier alpha value is -2.63. The lowest BCUT2D eigenvalue weighted by Gasteiger charge is -2.26. The minimum atomic E-state index is -0.649. The molecule has 6 nitrogen and oxygen atoms in total. The molecule has 1 fully saturated rings. The van der Waals surface area contributed by atoms with Crippen LogP contribution in [0.5, 0.6) is 0 Å². The van der Waals surface area contributed by atoms with Gasteiger partial charge in [-0.2, -0.15) is 0 Å². The van der Waals surface area contributed by atoms with Gasteiger partial charge in [-0.25, -0.2) is 4.79 Å². The van der Waals surface area contributed by atoms with Gasteiger partial charge >= 0.3 is 6.03 Å². The van der Waals surface area contributed by atoms with Gasteiger partial charge in [0.05, 0.1) is 0 Å². The third-order valence-corrected chi connectivity index (χ3v) is 3.64. The number of imide groups is 2. The van der Waals surface area contributed by atoms with Gasteiger partial charge in [-0.05, 0) is 30.2 Å². The second-order valence-corrected chi connectivity index (χ2v) is 5.61. The summed E-state index contributed by atoms with van der Waals surface area (Å²) in [7, 11) is 3.87. The quantitative estimate of drug-likeness (QED) is 0.666. The number of carbonyl (C=O) groups is 3. The van der Waals surface area contributed by atoms with Crippen LogP contribution >= 0.6 is 0 Å². The first kappa shape index (κ1) is 16.7. The van der Waals surface area contributed by atoms with E-state index < -0.39 is 17.8 Å². The number of barbiturate groups is 1. The van der Waals surface area contributed by atoms with Gasteiger partial charge in [-0.15, -0.1) is 0 Å². The maximum atomic E-state index is 12.4. The first-order valence-corrected chi connectivity index (χ1v) is 7.60. The monoisotopic (exact) mass is 315 g/mol. The molecule has 1 N–H and O–H groups in total. The highest BCUT2D eigenvalue weighted by Gasteiger charge is 2.35. The first-order chi connectivity index (χ1) is 10.9. The number of carbonyl (C=O) groups excluding carboxylic acids is 3. The lowest BCUT2D eigenvalue weighted by Crippen LogP contribution is -2.54. The van der Waals surface area contributed by atoms with Crippen molar-refractivity contribution in [3.05, 3.63) is 35.4 Å². The summed E-state index contributed by atoms with van der Waals surface area (Å²) >= 11 is 0. The Balaban J connectivity index is 2.26. The maximum Gasteiger partial charge on any atom is 0.331 e. The fourth-order valence-corrected chi connectivity index (χ4v) is 2.25. The minimum Gasteiger partial charge on any atom is -0.378 e. The van der Waals surface area contributed by atoms with E-state index >= 15 is 0 Å². The molecule has 0 spiro atoms. The van der Waals surface area contributed by atoms with E-state index in [1.54, 1.807) is 0 Å². The van der Waals surface area contributed by atoms with Gasteiger partial charge in [0.2, 0.25) is 0 Å². The van der Waals surface area contributed by atoms with E-state index in [1.165, 1.54) is 6.08 Å². The molecule has 0 aromatic heterocycles. The highest BCUT2D eigenvalue weighted by Crippen LogP contribution is 2.18. The maximum absolute atomic E-state index is 12.4. The number of nitrogens with one attached hydrogen (secondary N) is 1. The SMILES string of the molecule is CCCCN1C(=O)NC(=O)C(=Cc2ccc(N(C)C)cc2)C1=O. The van der Waals surface area contributed by atoms with E-state index in [-0.39, 0.29) is 5.57 Å². The lowest BCUT2D eigenvalue weighted by molar-refractivity contribution is -0.130. The summed E-state index contributed by atoms with van der Waals surface area (Å²) in [5.74, 6) is -1.19. The van der Waals surface area contributed by atoms with Crippen molar-refractivity contribution in [2.45, 2.75) is 19.8 Å². The molecule has 0 saturated carbocycles. The number of hydrogen-bond acceptors (Lipinski definition) is 4. The number of anilines is 1. The molecule has 0 unspecified atom stereocenters. The number of urea groups is 1. The van der Waals surface area contributed by atoms with Crippen molar-refractivity contribution in [1.29, 1.82) is 0 Å². The standard InChI is InChI=1S/C17H21N3O3/c1-4-5-10-20-16(22)14(15(21)18-17(20)23)11-12-6-8-13(9-7-12)19(2)3/h6-9,11H,4-5,10H2,1-3H3,(H,18,21,23). The van der Waals surface area contributed by atoms with Gasteiger partial charge in [0.25, 0.3) is 11.8 Å². The van der Waals surface area contributed by atoms with Crippen LogP contribution in [0.4, 0.5) is 10.5 Å². The summed E-state index contributed by atoms with van der Waals surface area (Å²) in [5, 5.41) is 2.22. The Morgan fingerprint density at radius 2 is 1.78 bits per heavy atom. The Morgan fingerprint density at radius 3 is 2.35 bits per heavy atom. The second-order valence-electron chi connectivity index (χ2n) is 5.61. The summed E-state index contributed by atoms with van der Waals surface area (Å²) in [6.07, 6.45) is 3.08. The molecule has 122 valence electrons. The molecule has 1 aromatic carbocycles. The topological polar surface area (TPSA) is 69.7 Å². The molecule has 1 aromatic rings. The van der Waals surface area contributed by atoms with Crippen LogP contribution in [0.3, 0.4) is 0 Å². The van der Waals surface area contributed by atoms with Crippen LogP contribution < -0.4 is 10.2 Å². The zero-order valence-corrected chi connectivity index (χ0v) is 13.6. The van der Waals surface area contributed by atoms with Crippen molar-refractivity contribution in [3.8, 4) is 0 Å². The van der Waals surface area contributed by atoms with Gasteiger partial charge < -0.3 is 4.90 Å². The van der Waals surface area contributed by atoms with Crippen LogP contribution in [-0.2, 0) is 9.59 Å². The Bertz CT molecular complexity index is 648. The van der Waals surface area contributed by atoms with Crippen molar-refractivity contribution >= 4 is 29.6 Å². The molecule has 0 atom stereocenters. The highest BCUT2D eigenvalue weighted by molar-refractivity contribution is 6.31. The zero-order chi connectivity index (χ0) is 17.0. The highest BCUT2D eigenvalue weighted by atomic mass is 16.2. The first-order valence-electron chi connectivity index (χ1n) is 7.60. The third kappa shape index (κ3) is 3.77. The molecule has 1 saturated heterocycles. The zero-order valence-electron chi connectivity index (χ0n) is 13.6. The lowest BCUT2D eigenvalue weighted by atomic mass is 10.1. The Morgan fingerprint density at radius 1 is 1.13 bits per heavy atom. The Labute approximate surface area is 135 Å². The number of rotatable bonds is 5. The average Bonchev–Trinajstić information content (AvgIpc) is 2.51. The smallest absolute Gasteiger partial charge is 0.331 e. The fraction of sp³-hybridized carbons (Fsp3) is 0.353. The average molecular weight is 315 g/mol. The number of hydrogen-bond donors (Lipinski definition) is 1. The van der Waals surface area contributed by atoms with Crippen LogP contribution in [-0.4, -0.2) is 43.4 Å². The predicted octanol–water partition coefficient (Wildman–Crippen LogP) is 2.01. The van der Waals surface area contributed by atoms with Crippen LogP contribution in [0.15, 0.2) is 29.8 Å². The molecule has 1 aliphatic rings. The van der Waals surface area contributed by atoms with Gasteiger partial charge in [0, 0.05) is 26.3 Å². The van der Waals surface area contributed by atoms with Crippen molar-refractivity contribution in [3.63, 3.8) is 0 Å². The largest absolute Gasteiger partial charge is 0.378 e. The summed E-state index contributed by atoms with van der Waals surface area (Å²) in [4.78, 5) is 39.2.